The van der Waals surface area contributed by atoms with E-state index in [2.05, 4.69) is 25.3 Å². The molecule has 3 heteroatoms. The minimum absolute atomic E-state index is 0.497. The number of carboxylic acid groups (broad SMARTS) is 1. The van der Waals surface area contributed by atoms with Crippen LogP contribution in [0, 0.1) is 5.41 Å². The molecule has 0 aromatic heterocycles. The predicted molar refractivity (Wildman–Crippen MR) is 65.5 cm³/mol. The Balaban J connectivity index is 2.60. The molecule has 0 spiro atoms. The van der Waals surface area contributed by atoms with Crippen molar-refractivity contribution < 1.29 is 9.90 Å². The highest BCUT2D eigenvalue weighted by Crippen LogP contribution is 2.35. The van der Waals surface area contributed by atoms with E-state index < -0.39 is 11.4 Å². The Morgan fingerprint density at radius 1 is 1.50 bits per heavy atom. The van der Waals surface area contributed by atoms with Crippen LogP contribution in [0.4, 0.5) is 0 Å². The Labute approximate surface area is 98.1 Å². The number of carbonyl (C=O) groups is 1. The van der Waals surface area contributed by atoms with E-state index in [4.69, 9.17) is 0 Å². The van der Waals surface area contributed by atoms with Crippen LogP contribution in [0.1, 0.15) is 39.5 Å². The van der Waals surface area contributed by atoms with Gasteiger partial charge in [0.25, 0.3) is 0 Å². The quantitative estimate of drug-likeness (QED) is 0.706. The molecule has 1 unspecified atom stereocenters. The van der Waals surface area contributed by atoms with Crippen LogP contribution in [-0.4, -0.2) is 35.6 Å². The first-order chi connectivity index (χ1) is 7.54. The van der Waals surface area contributed by atoms with E-state index in [1.807, 2.05) is 0 Å². The van der Waals surface area contributed by atoms with Crippen molar-refractivity contribution in [3.63, 3.8) is 0 Å². The average Bonchev–Trinajstić information content (AvgIpc) is 2.63. The van der Waals surface area contributed by atoms with Crippen LogP contribution in [0.5, 0.6) is 0 Å². The number of rotatable bonds is 6. The summed E-state index contributed by atoms with van der Waals surface area (Å²) in [4.78, 5) is 13.6. The molecule has 1 saturated heterocycles. The average molecular weight is 225 g/mol. The summed E-state index contributed by atoms with van der Waals surface area (Å²) in [6.45, 7) is 10.6. The minimum atomic E-state index is -0.626. The number of nitrogens with zero attached hydrogens (tertiary/aromatic N) is 1. The second-order valence-corrected chi connectivity index (χ2v) is 4.90. The Bertz CT molecular complexity index is 275. The van der Waals surface area contributed by atoms with Gasteiger partial charge in [0.05, 0.1) is 5.41 Å². The monoisotopic (exact) mass is 225 g/mol. The lowest BCUT2D eigenvalue weighted by Crippen LogP contribution is -2.35. The molecule has 1 rings (SSSR count). The minimum Gasteiger partial charge on any atom is -0.481 e. The summed E-state index contributed by atoms with van der Waals surface area (Å²) >= 11 is 0. The van der Waals surface area contributed by atoms with Gasteiger partial charge in [-0.3, -0.25) is 9.69 Å². The maximum atomic E-state index is 11.4. The van der Waals surface area contributed by atoms with Gasteiger partial charge >= 0.3 is 5.97 Å². The zero-order chi connectivity index (χ0) is 12.2. The summed E-state index contributed by atoms with van der Waals surface area (Å²) < 4.78 is 0. The first-order valence-electron chi connectivity index (χ1n) is 6.16. The lowest BCUT2D eigenvalue weighted by atomic mass is 9.83. The second-order valence-electron chi connectivity index (χ2n) is 4.90. The molecule has 3 nitrogen and oxygen atoms in total. The van der Waals surface area contributed by atoms with E-state index in [0.29, 0.717) is 6.54 Å². The van der Waals surface area contributed by atoms with Gasteiger partial charge in [0, 0.05) is 13.1 Å². The molecule has 0 amide bonds. The van der Waals surface area contributed by atoms with Crippen molar-refractivity contribution in [2.45, 2.75) is 39.5 Å². The van der Waals surface area contributed by atoms with Gasteiger partial charge in [-0.15, -0.1) is 0 Å². The van der Waals surface area contributed by atoms with E-state index in [1.54, 1.807) is 0 Å². The fourth-order valence-corrected chi connectivity index (χ4v) is 2.49. The maximum absolute atomic E-state index is 11.4. The summed E-state index contributed by atoms with van der Waals surface area (Å²) in [6, 6.07) is 0. The van der Waals surface area contributed by atoms with Gasteiger partial charge in [0.15, 0.2) is 0 Å². The molecule has 1 atom stereocenters. The van der Waals surface area contributed by atoms with E-state index in [-0.39, 0.29) is 0 Å². The molecular weight excluding hydrogens is 202 g/mol. The molecular formula is C13H23NO2. The highest BCUT2D eigenvalue weighted by Gasteiger charge is 2.43. The fraction of sp³-hybridized carbons (Fsp3) is 0.769. The largest absolute Gasteiger partial charge is 0.481 e. The van der Waals surface area contributed by atoms with Crippen LogP contribution in [0.2, 0.25) is 0 Å². The normalized spacial score (nSPS) is 25.9. The lowest BCUT2D eigenvalue weighted by Gasteiger charge is -2.24. The van der Waals surface area contributed by atoms with Gasteiger partial charge in [-0.1, -0.05) is 32.4 Å². The summed E-state index contributed by atoms with van der Waals surface area (Å²) in [6.07, 6.45) is 3.49. The molecule has 92 valence electrons. The molecule has 1 N–H and O–H groups in total. The molecule has 16 heavy (non-hydrogen) atoms. The highest BCUT2D eigenvalue weighted by molar-refractivity contribution is 5.75. The van der Waals surface area contributed by atoms with Gasteiger partial charge < -0.3 is 5.11 Å². The molecule has 0 aromatic carbocycles. The van der Waals surface area contributed by atoms with Gasteiger partial charge in [0.2, 0.25) is 0 Å². The Hall–Kier alpha value is -0.830. The summed E-state index contributed by atoms with van der Waals surface area (Å²) in [7, 11) is 0. The number of hydrogen-bond acceptors (Lipinski definition) is 2. The molecule has 0 aliphatic carbocycles. The van der Waals surface area contributed by atoms with E-state index in [1.165, 1.54) is 5.57 Å². The first kappa shape index (κ1) is 13.2. The van der Waals surface area contributed by atoms with Crippen molar-refractivity contribution >= 4 is 5.97 Å². The third-order valence-corrected chi connectivity index (χ3v) is 3.56. The fourth-order valence-electron chi connectivity index (χ4n) is 2.49. The zero-order valence-electron chi connectivity index (χ0n) is 10.5. The summed E-state index contributed by atoms with van der Waals surface area (Å²) in [5.41, 5.74) is 0.695. The summed E-state index contributed by atoms with van der Waals surface area (Å²) in [5.74, 6) is -0.626. The van der Waals surface area contributed by atoms with Crippen molar-refractivity contribution in [2.75, 3.05) is 19.6 Å². The Morgan fingerprint density at radius 3 is 2.69 bits per heavy atom. The van der Waals surface area contributed by atoms with Crippen LogP contribution in [0.15, 0.2) is 12.2 Å². The van der Waals surface area contributed by atoms with Crippen LogP contribution in [0.3, 0.4) is 0 Å². The van der Waals surface area contributed by atoms with Crippen LogP contribution < -0.4 is 0 Å². The van der Waals surface area contributed by atoms with Crippen LogP contribution in [-0.2, 0) is 4.79 Å². The molecule has 0 radical (unpaired) electrons. The standard InChI is InChI=1S/C13H23NO2/c1-4-6-13(12(15)16)7-8-14(10-13)9-11(3)5-2/h3-10H2,1-2H3,(H,15,16). The molecule has 1 aliphatic heterocycles. The van der Waals surface area contributed by atoms with Crippen molar-refractivity contribution in [1.82, 2.24) is 4.90 Å². The summed E-state index contributed by atoms with van der Waals surface area (Å²) in [5, 5.41) is 9.35. The Kier molecular flexibility index (Phi) is 4.54. The SMILES string of the molecule is C=C(CC)CN1CCC(CCC)(C(=O)O)C1. The van der Waals surface area contributed by atoms with E-state index >= 15 is 0 Å². The number of likely N-dealkylation sites (tertiary alicyclic amines) is 1. The molecule has 1 fully saturated rings. The van der Waals surface area contributed by atoms with Crippen LogP contribution >= 0.6 is 0 Å². The molecule has 0 bridgehead atoms. The molecule has 1 heterocycles. The molecule has 1 aliphatic rings. The predicted octanol–water partition coefficient (Wildman–Crippen LogP) is 2.53. The molecule has 0 aromatic rings. The second kappa shape index (κ2) is 5.48. The molecule has 0 saturated carbocycles. The van der Waals surface area contributed by atoms with Crippen LogP contribution in [0.25, 0.3) is 0 Å². The first-order valence-corrected chi connectivity index (χ1v) is 6.16. The number of aliphatic carboxylic acids is 1. The van der Waals surface area contributed by atoms with Crippen molar-refractivity contribution in [3.8, 4) is 0 Å². The third kappa shape index (κ3) is 2.85. The van der Waals surface area contributed by atoms with Gasteiger partial charge in [-0.2, -0.15) is 0 Å². The van der Waals surface area contributed by atoms with Crippen molar-refractivity contribution in [2.24, 2.45) is 5.41 Å². The smallest absolute Gasteiger partial charge is 0.310 e. The maximum Gasteiger partial charge on any atom is 0.310 e. The van der Waals surface area contributed by atoms with E-state index in [0.717, 1.165) is 38.8 Å². The zero-order valence-corrected chi connectivity index (χ0v) is 10.5. The van der Waals surface area contributed by atoms with Crippen molar-refractivity contribution in [1.29, 1.82) is 0 Å². The van der Waals surface area contributed by atoms with Gasteiger partial charge in [0.1, 0.15) is 0 Å². The number of carboxylic acids is 1. The third-order valence-electron chi connectivity index (χ3n) is 3.56. The highest BCUT2D eigenvalue weighted by atomic mass is 16.4. The van der Waals surface area contributed by atoms with Gasteiger partial charge in [-0.25, -0.2) is 0 Å². The topological polar surface area (TPSA) is 40.5 Å². The number of hydrogen-bond donors (Lipinski definition) is 1. The Morgan fingerprint density at radius 2 is 2.19 bits per heavy atom. The van der Waals surface area contributed by atoms with E-state index in [9.17, 15) is 9.90 Å². The lowest BCUT2D eigenvalue weighted by molar-refractivity contribution is -0.148. The van der Waals surface area contributed by atoms with Crippen molar-refractivity contribution in [3.05, 3.63) is 12.2 Å². The van der Waals surface area contributed by atoms with Gasteiger partial charge in [-0.05, 0) is 25.8 Å².